The molecule has 33 heavy (non-hydrogen) atoms. The van der Waals surface area contributed by atoms with Crippen LogP contribution in [-0.4, -0.2) is 28.8 Å². The van der Waals surface area contributed by atoms with Gasteiger partial charge in [-0.2, -0.15) is 0 Å². The Balaban J connectivity index is 3.47. The fraction of sp³-hybridized carbons (Fsp3) is 0.481. The number of ether oxygens (including phenoxy) is 1. The normalized spacial score (nSPS) is 13.3. The zero-order chi connectivity index (χ0) is 24.8. The molecule has 0 radical (unpaired) electrons. The highest BCUT2D eigenvalue weighted by atomic mass is 79.9. The quantitative estimate of drug-likeness (QED) is 0.123. The van der Waals surface area contributed by atoms with E-state index >= 15 is 0 Å². The number of allylic oxidation sites excluding steroid dienone is 5. The van der Waals surface area contributed by atoms with E-state index in [1.807, 2.05) is 39.0 Å². The van der Waals surface area contributed by atoms with Crippen molar-refractivity contribution < 1.29 is 14.3 Å². The number of hydrogen-bond donors (Lipinski definition) is 2. The molecule has 0 aliphatic carbocycles. The second kappa shape index (κ2) is 15.5. The molecule has 182 valence electrons. The number of aromatic amines is 1. The van der Waals surface area contributed by atoms with Crippen LogP contribution in [0.25, 0.3) is 6.08 Å². The molecule has 0 bridgehead atoms. The van der Waals surface area contributed by atoms with Crippen molar-refractivity contribution in [3.05, 3.63) is 64.7 Å². The number of unbranched alkanes of at least 4 members (excludes halogenated alkanes) is 1. The van der Waals surface area contributed by atoms with Crippen LogP contribution in [-0.2, 0) is 16.0 Å². The highest BCUT2D eigenvalue weighted by Gasteiger charge is 2.22. The number of nitrogens with one attached hydrogen (secondary N) is 2. The standard InChI is InChI=1S/C27H39BrN2O3/c1-7-10-11-12-13-15-22-21(6)25(27(32)33-9-3)30-24(22)18-23(19(4)14-8-2)26(31)29-20(5)16-17-28/h8,11-12,16,18-19,30H,2,7,9-10,13-15,17H2,1,3-6H3,(H,29,31)/b12-11-,20-16+,23-18-. The second-order valence-electron chi connectivity index (χ2n) is 8.06. The number of halogens is 1. The van der Waals surface area contributed by atoms with Crippen molar-refractivity contribution in [3.8, 4) is 0 Å². The summed E-state index contributed by atoms with van der Waals surface area (Å²) in [6, 6.07) is 0. The van der Waals surface area contributed by atoms with Gasteiger partial charge in [0.2, 0.25) is 0 Å². The summed E-state index contributed by atoms with van der Waals surface area (Å²) in [5.41, 5.74) is 4.55. The molecular weight excluding hydrogens is 480 g/mol. The Morgan fingerprint density at radius 3 is 2.55 bits per heavy atom. The fourth-order valence-corrected chi connectivity index (χ4v) is 4.01. The minimum absolute atomic E-state index is 0.0359. The monoisotopic (exact) mass is 518 g/mol. The van der Waals surface area contributed by atoms with Gasteiger partial charge in [0.05, 0.1) is 6.61 Å². The molecule has 0 fully saturated rings. The number of rotatable bonds is 14. The Labute approximate surface area is 207 Å². The molecule has 1 atom stereocenters. The van der Waals surface area contributed by atoms with Crippen molar-refractivity contribution in [1.82, 2.24) is 10.3 Å². The Morgan fingerprint density at radius 2 is 1.94 bits per heavy atom. The van der Waals surface area contributed by atoms with E-state index < -0.39 is 0 Å². The third-order valence-corrected chi connectivity index (χ3v) is 5.71. The lowest BCUT2D eigenvalue weighted by atomic mass is 9.94. The van der Waals surface area contributed by atoms with E-state index in [4.69, 9.17) is 4.74 Å². The van der Waals surface area contributed by atoms with Gasteiger partial charge in [0.15, 0.2) is 0 Å². The van der Waals surface area contributed by atoms with Crippen LogP contribution >= 0.6 is 15.9 Å². The van der Waals surface area contributed by atoms with Gasteiger partial charge in [-0.25, -0.2) is 4.79 Å². The molecular formula is C27H39BrN2O3. The van der Waals surface area contributed by atoms with E-state index in [1.54, 1.807) is 6.92 Å². The second-order valence-corrected chi connectivity index (χ2v) is 8.70. The molecule has 0 aromatic carbocycles. The zero-order valence-corrected chi connectivity index (χ0v) is 22.3. The lowest BCUT2D eigenvalue weighted by Crippen LogP contribution is -2.26. The molecule has 6 heteroatoms. The summed E-state index contributed by atoms with van der Waals surface area (Å²) in [4.78, 5) is 28.9. The third-order valence-electron chi connectivity index (χ3n) is 5.38. The predicted molar refractivity (Wildman–Crippen MR) is 142 cm³/mol. The topological polar surface area (TPSA) is 71.2 Å². The lowest BCUT2D eigenvalue weighted by molar-refractivity contribution is -0.117. The number of carbonyl (C=O) groups excluding carboxylic acids is 2. The van der Waals surface area contributed by atoms with Crippen molar-refractivity contribution in [1.29, 1.82) is 0 Å². The van der Waals surface area contributed by atoms with E-state index in [0.29, 0.717) is 29.6 Å². The first kappa shape index (κ1) is 28.7. The van der Waals surface area contributed by atoms with E-state index in [2.05, 4.69) is 51.9 Å². The SMILES string of the molecule is C=CCC(C)/C(=C/c1[nH]c(C(=O)OCC)c(C)c1CC/C=C\CCC)C(=O)N/C(C)=C/CBr. The average molecular weight is 520 g/mol. The number of esters is 1. The maximum Gasteiger partial charge on any atom is 0.355 e. The molecule has 1 aromatic rings. The van der Waals surface area contributed by atoms with Crippen LogP contribution in [0.5, 0.6) is 0 Å². The number of hydrogen-bond acceptors (Lipinski definition) is 3. The fourth-order valence-electron chi connectivity index (χ4n) is 3.52. The molecule has 1 unspecified atom stereocenters. The number of amides is 1. The molecule has 0 saturated carbocycles. The molecule has 2 N–H and O–H groups in total. The molecule has 1 heterocycles. The summed E-state index contributed by atoms with van der Waals surface area (Å²) in [7, 11) is 0. The maximum atomic E-state index is 13.1. The van der Waals surface area contributed by atoms with E-state index in [9.17, 15) is 9.59 Å². The first-order chi connectivity index (χ1) is 15.8. The number of alkyl halides is 1. The van der Waals surface area contributed by atoms with Gasteiger partial charge in [-0.3, -0.25) is 4.79 Å². The Hall–Kier alpha value is -2.34. The van der Waals surface area contributed by atoms with Crippen molar-refractivity contribution in [3.63, 3.8) is 0 Å². The van der Waals surface area contributed by atoms with Gasteiger partial charge in [-0.05, 0) is 69.6 Å². The van der Waals surface area contributed by atoms with Crippen LogP contribution < -0.4 is 5.32 Å². The minimum Gasteiger partial charge on any atom is -0.461 e. The molecule has 0 aliphatic rings. The summed E-state index contributed by atoms with van der Waals surface area (Å²) in [6.45, 7) is 13.9. The van der Waals surface area contributed by atoms with Crippen molar-refractivity contribution in [2.24, 2.45) is 5.92 Å². The largest absolute Gasteiger partial charge is 0.461 e. The minimum atomic E-state index is -0.376. The van der Waals surface area contributed by atoms with Gasteiger partial charge in [-0.1, -0.05) is 60.5 Å². The van der Waals surface area contributed by atoms with Crippen LogP contribution in [0.2, 0.25) is 0 Å². The predicted octanol–water partition coefficient (Wildman–Crippen LogP) is 6.80. The molecule has 1 aromatic heterocycles. The van der Waals surface area contributed by atoms with Gasteiger partial charge in [0, 0.05) is 22.3 Å². The summed E-state index contributed by atoms with van der Waals surface area (Å²) < 4.78 is 5.24. The highest BCUT2D eigenvalue weighted by Crippen LogP contribution is 2.26. The lowest BCUT2D eigenvalue weighted by Gasteiger charge is -2.15. The first-order valence-electron chi connectivity index (χ1n) is 11.7. The average Bonchev–Trinajstić information content (AvgIpc) is 3.07. The Morgan fingerprint density at radius 1 is 1.24 bits per heavy atom. The number of aromatic nitrogens is 1. The summed E-state index contributed by atoms with van der Waals surface area (Å²) in [5, 5.41) is 3.63. The van der Waals surface area contributed by atoms with Crippen LogP contribution in [0.3, 0.4) is 0 Å². The number of H-pyrrole nitrogens is 1. The van der Waals surface area contributed by atoms with E-state index in [-0.39, 0.29) is 17.8 Å². The van der Waals surface area contributed by atoms with Crippen molar-refractivity contribution in [2.45, 2.75) is 66.7 Å². The van der Waals surface area contributed by atoms with Gasteiger partial charge >= 0.3 is 5.97 Å². The van der Waals surface area contributed by atoms with Gasteiger partial charge in [-0.15, -0.1) is 6.58 Å². The van der Waals surface area contributed by atoms with Gasteiger partial charge < -0.3 is 15.0 Å². The van der Waals surface area contributed by atoms with E-state index in [1.165, 1.54) is 0 Å². The van der Waals surface area contributed by atoms with Gasteiger partial charge in [0.1, 0.15) is 5.69 Å². The third kappa shape index (κ3) is 9.20. The van der Waals surface area contributed by atoms with Crippen LogP contribution in [0.1, 0.15) is 80.7 Å². The Bertz CT molecular complexity index is 893. The van der Waals surface area contributed by atoms with Crippen molar-refractivity contribution in [2.75, 3.05) is 11.9 Å². The molecule has 1 rings (SSSR count). The summed E-state index contributed by atoms with van der Waals surface area (Å²) >= 11 is 3.36. The number of carbonyl (C=O) groups is 2. The van der Waals surface area contributed by atoms with Gasteiger partial charge in [0.25, 0.3) is 5.91 Å². The molecule has 0 spiro atoms. The van der Waals surface area contributed by atoms with Crippen molar-refractivity contribution >= 4 is 33.9 Å². The molecule has 0 saturated heterocycles. The molecule has 1 amide bonds. The summed E-state index contributed by atoms with van der Waals surface area (Å²) in [6.07, 6.45) is 14.4. The maximum absolute atomic E-state index is 13.1. The smallest absolute Gasteiger partial charge is 0.355 e. The molecule has 5 nitrogen and oxygen atoms in total. The Kier molecular flexibility index (Phi) is 13.5. The summed E-state index contributed by atoms with van der Waals surface area (Å²) in [5.74, 6) is -0.567. The highest BCUT2D eigenvalue weighted by molar-refractivity contribution is 9.09. The van der Waals surface area contributed by atoms with E-state index in [0.717, 1.165) is 48.2 Å². The van der Waals surface area contributed by atoms with Crippen LogP contribution in [0.15, 0.2) is 42.2 Å². The first-order valence-corrected chi connectivity index (χ1v) is 12.8. The zero-order valence-electron chi connectivity index (χ0n) is 20.7. The van der Waals surface area contributed by atoms with Crippen LogP contribution in [0, 0.1) is 12.8 Å². The van der Waals surface area contributed by atoms with Crippen LogP contribution in [0.4, 0.5) is 0 Å². The molecule has 0 aliphatic heterocycles.